The van der Waals surface area contributed by atoms with Crippen molar-refractivity contribution in [2.45, 2.75) is 18.9 Å². The van der Waals surface area contributed by atoms with Crippen LogP contribution in [0.4, 0.5) is 23.0 Å². The average molecular weight is 446 g/mol. The number of nitrogens with zero attached hydrogens (tertiary/aromatic N) is 4. The Bertz CT molecular complexity index is 1170. The molecule has 0 radical (unpaired) electrons. The molecule has 1 amide bonds. The smallest absolute Gasteiger partial charge is 0.279 e. The van der Waals surface area contributed by atoms with Gasteiger partial charge in [-0.2, -0.15) is 0 Å². The van der Waals surface area contributed by atoms with Crippen LogP contribution >= 0.6 is 0 Å². The molecule has 2 aromatic heterocycles. The maximum absolute atomic E-state index is 13.2. The Hall–Kier alpha value is -4.05. The Morgan fingerprint density at radius 3 is 2.73 bits per heavy atom. The molecule has 1 saturated heterocycles. The second-order valence-electron chi connectivity index (χ2n) is 7.80. The lowest BCUT2D eigenvalue weighted by Crippen LogP contribution is -2.40. The van der Waals surface area contributed by atoms with Gasteiger partial charge in [-0.05, 0) is 31.0 Å². The SMILES string of the molecule is CNc1cccc(-c2cnc(N)c(C(=O)Nc3ncccc3N3CCC(N)CC3)n2)c1C=N. The van der Waals surface area contributed by atoms with Crippen LogP contribution in [-0.4, -0.2) is 53.3 Å². The predicted octanol–water partition coefficient (Wildman–Crippen LogP) is 2.34. The fraction of sp³-hybridized carbons (Fsp3) is 0.261. The van der Waals surface area contributed by atoms with Crippen LogP contribution < -0.4 is 27.0 Å². The van der Waals surface area contributed by atoms with Crippen LogP contribution in [0, 0.1) is 5.41 Å². The number of carbonyl (C=O) groups excluding carboxylic acids is 1. The van der Waals surface area contributed by atoms with Gasteiger partial charge in [0.05, 0.1) is 17.6 Å². The summed E-state index contributed by atoms with van der Waals surface area (Å²) in [7, 11) is 1.78. The first-order valence-corrected chi connectivity index (χ1v) is 10.7. The molecule has 1 aliphatic rings. The summed E-state index contributed by atoms with van der Waals surface area (Å²) < 4.78 is 0. The minimum atomic E-state index is -0.503. The summed E-state index contributed by atoms with van der Waals surface area (Å²) in [6.07, 6.45) is 6.12. The third kappa shape index (κ3) is 4.60. The molecule has 1 aromatic carbocycles. The van der Waals surface area contributed by atoms with Crippen molar-refractivity contribution in [3.8, 4) is 11.3 Å². The van der Waals surface area contributed by atoms with Crippen molar-refractivity contribution in [2.24, 2.45) is 5.73 Å². The molecule has 0 bridgehead atoms. The minimum Gasteiger partial charge on any atom is -0.388 e. The topological polar surface area (TPSA) is 159 Å². The Balaban J connectivity index is 1.64. The molecule has 3 aromatic rings. The minimum absolute atomic E-state index is 0.00411. The molecule has 0 saturated carbocycles. The summed E-state index contributed by atoms with van der Waals surface area (Å²) in [5.41, 5.74) is 15.4. The van der Waals surface area contributed by atoms with Gasteiger partial charge in [-0.25, -0.2) is 15.0 Å². The lowest BCUT2D eigenvalue weighted by Gasteiger charge is -2.32. The van der Waals surface area contributed by atoms with E-state index in [0.29, 0.717) is 22.6 Å². The molecule has 0 atom stereocenters. The fourth-order valence-corrected chi connectivity index (χ4v) is 3.91. The molecule has 4 rings (SSSR count). The first-order valence-electron chi connectivity index (χ1n) is 10.7. The Morgan fingerprint density at radius 1 is 1.21 bits per heavy atom. The number of aromatic nitrogens is 3. The van der Waals surface area contributed by atoms with Gasteiger partial charge in [0.2, 0.25) is 0 Å². The number of benzene rings is 1. The van der Waals surface area contributed by atoms with E-state index in [0.717, 1.165) is 37.3 Å². The summed E-state index contributed by atoms with van der Waals surface area (Å²) in [5.74, 6) is -0.0579. The van der Waals surface area contributed by atoms with Gasteiger partial charge in [0, 0.05) is 55.4 Å². The number of rotatable bonds is 6. The molecule has 3 heterocycles. The van der Waals surface area contributed by atoms with E-state index in [-0.39, 0.29) is 17.6 Å². The van der Waals surface area contributed by atoms with Gasteiger partial charge < -0.3 is 32.4 Å². The maximum atomic E-state index is 13.2. The maximum Gasteiger partial charge on any atom is 0.279 e. The summed E-state index contributed by atoms with van der Waals surface area (Å²) >= 11 is 0. The van der Waals surface area contributed by atoms with Crippen LogP contribution in [0.1, 0.15) is 28.9 Å². The highest BCUT2D eigenvalue weighted by molar-refractivity contribution is 6.07. The van der Waals surface area contributed by atoms with Crippen LogP contribution in [-0.2, 0) is 0 Å². The first-order chi connectivity index (χ1) is 16.0. The fourth-order valence-electron chi connectivity index (χ4n) is 3.91. The zero-order valence-electron chi connectivity index (χ0n) is 18.4. The monoisotopic (exact) mass is 445 g/mol. The van der Waals surface area contributed by atoms with Gasteiger partial charge in [-0.15, -0.1) is 0 Å². The second-order valence-corrected chi connectivity index (χ2v) is 7.80. The molecular formula is C23H27N9O. The second kappa shape index (κ2) is 9.61. The highest BCUT2D eigenvalue weighted by Crippen LogP contribution is 2.29. The normalized spacial score (nSPS) is 14.1. The Kier molecular flexibility index (Phi) is 6.45. The number of amides is 1. The number of hydrogen-bond donors (Lipinski definition) is 5. The van der Waals surface area contributed by atoms with Gasteiger partial charge >= 0.3 is 0 Å². The summed E-state index contributed by atoms with van der Waals surface area (Å²) in [4.78, 5) is 28.4. The molecule has 1 aliphatic heterocycles. The zero-order valence-corrected chi connectivity index (χ0v) is 18.4. The van der Waals surface area contributed by atoms with Crippen LogP contribution in [0.15, 0.2) is 42.7 Å². The van der Waals surface area contributed by atoms with Crippen molar-refractivity contribution >= 4 is 35.1 Å². The first kappa shape index (κ1) is 22.2. The van der Waals surface area contributed by atoms with E-state index < -0.39 is 5.91 Å². The number of carbonyl (C=O) groups is 1. The van der Waals surface area contributed by atoms with Crippen molar-refractivity contribution in [1.82, 2.24) is 15.0 Å². The van der Waals surface area contributed by atoms with Crippen LogP contribution in [0.2, 0.25) is 0 Å². The predicted molar refractivity (Wildman–Crippen MR) is 131 cm³/mol. The number of nitrogen functional groups attached to an aromatic ring is 1. The van der Waals surface area contributed by atoms with E-state index in [1.54, 1.807) is 13.2 Å². The molecule has 0 spiro atoms. The van der Waals surface area contributed by atoms with E-state index in [9.17, 15) is 4.79 Å². The molecule has 0 aliphatic carbocycles. The highest BCUT2D eigenvalue weighted by atomic mass is 16.2. The van der Waals surface area contributed by atoms with Gasteiger partial charge in [0.25, 0.3) is 5.91 Å². The van der Waals surface area contributed by atoms with Crippen molar-refractivity contribution in [3.63, 3.8) is 0 Å². The van der Waals surface area contributed by atoms with Gasteiger partial charge in [-0.1, -0.05) is 12.1 Å². The third-order valence-corrected chi connectivity index (χ3v) is 5.71. The van der Waals surface area contributed by atoms with Crippen molar-refractivity contribution in [2.75, 3.05) is 41.4 Å². The number of piperidine rings is 1. The number of nitrogens with two attached hydrogens (primary N) is 2. The van der Waals surface area contributed by atoms with Crippen LogP contribution in [0.25, 0.3) is 11.3 Å². The lowest BCUT2D eigenvalue weighted by molar-refractivity contribution is 0.102. The quantitative estimate of drug-likeness (QED) is 0.362. The Morgan fingerprint density at radius 2 is 2.00 bits per heavy atom. The molecular weight excluding hydrogens is 418 g/mol. The largest absolute Gasteiger partial charge is 0.388 e. The third-order valence-electron chi connectivity index (χ3n) is 5.71. The molecule has 10 heteroatoms. The van der Waals surface area contributed by atoms with E-state index in [1.165, 1.54) is 12.4 Å². The summed E-state index contributed by atoms with van der Waals surface area (Å²) in [6.45, 7) is 1.59. The van der Waals surface area contributed by atoms with Crippen LogP contribution in [0.5, 0.6) is 0 Å². The zero-order chi connectivity index (χ0) is 23.4. The van der Waals surface area contributed by atoms with Crippen molar-refractivity contribution in [1.29, 1.82) is 5.41 Å². The molecule has 170 valence electrons. The van der Waals surface area contributed by atoms with E-state index in [2.05, 4.69) is 30.5 Å². The average Bonchev–Trinajstić information content (AvgIpc) is 2.84. The standard InChI is InChI=1S/C23H27N9O/c1-27-17-5-2-4-15(16(17)12-24)18-13-29-21(26)20(30-18)23(33)31-22-19(6-3-9-28-22)32-10-7-14(25)8-11-32/h2-6,9,12-14,24,27H,7-8,10-11,25H2,1H3,(H2,26,29)(H,28,31,33). The summed E-state index contributed by atoms with van der Waals surface area (Å²) in [6, 6.07) is 9.48. The molecule has 10 nitrogen and oxygen atoms in total. The number of anilines is 4. The highest BCUT2D eigenvalue weighted by Gasteiger charge is 2.22. The van der Waals surface area contributed by atoms with Crippen molar-refractivity contribution < 1.29 is 4.79 Å². The lowest BCUT2D eigenvalue weighted by atomic mass is 10.0. The van der Waals surface area contributed by atoms with Gasteiger partial charge in [0.1, 0.15) is 0 Å². The summed E-state index contributed by atoms with van der Waals surface area (Å²) in [5, 5.41) is 13.7. The number of hydrogen-bond acceptors (Lipinski definition) is 9. The van der Waals surface area contributed by atoms with Crippen LogP contribution in [0.3, 0.4) is 0 Å². The van der Waals surface area contributed by atoms with E-state index in [1.807, 2.05) is 30.3 Å². The van der Waals surface area contributed by atoms with E-state index in [4.69, 9.17) is 16.9 Å². The number of pyridine rings is 1. The van der Waals surface area contributed by atoms with Gasteiger partial charge in [-0.3, -0.25) is 4.79 Å². The molecule has 33 heavy (non-hydrogen) atoms. The Labute approximate surface area is 192 Å². The molecule has 1 fully saturated rings. The molecule has 7 N–H and O–H groups in total. The molecule has 0 unspecified atom stereocenters. The van der Waals surface area contributed by atoms with Gasteiger partial charge in [0.15, 0.2) is 17.3 Å². The van der Waals surface area contributed by atoms with E-state index >= 15 is 0 Å². The van der Waals surface area contributed by atoms with Crippen molar-refractivity contribution in [3.05, 3.63) is 54.0 Å². The number of nitrogens with one attached hydrogen (secondary N) is 3.